The van der Waals surface area contributed by atoms with E-state index in [1.54, 1.807) is 94.3 Å². The van der Waals surface area contributed by atoms with Crippen LogP contribution in [0.15, 0.2) is 104 Å². The van der Waals surface area contributed by atoms with Gasteiger partial charge in [0, 0.05) is 139 Å². The molecule has 2 aliphatic carbocycles. The second-order valence-electron chi connectivity index (χ2n) is 25.3. The molecule has 97 heavy (non-hydrogen) atoms. The summed E-state index contributed by atoms with van der Waals surface area (Å²) in [5.41, 5.74) is 10.9. The molecule has 4 aliphatic heterocycles. The first-order valence-corrected chi connectivity index (χ1v) is 33.8. The lowest BCUT2D eigenvalue weighted by molar-refractivity contribution is -0.118. The number of carbonyl (C=O) groups excluding carboxylic acids is 7. The summed E-state index contributed by atoms with van der Waals surface area (Å²) in [6, 6.07) is 21.7. The zero-order valence-corrected chi connectivity index (χ0v) is 56.6. The molecule has 1 N–H and O–H groups in total. The van der Waals surface area contributed by atoms with Gasteiger partial charge in [-0.25, -0.2) is 39.3 Å². The van der Waals surface area contributed by atoms with Gasteiger partial charge in [-0.05, 0) is 149 Å². The van der Waals surface area contributed by atoms with Crippen molar-refractivity contribution in [2.24, 2.45) is 0 Å². The molecule has 0 bridgehead atoms. The third-order valence-corrected chi connectivity index (χ3v) is 18.4. The maximum Gasteiger partial charge on any atom is 0.320 e. The normalized spacial score (nSPS) is 16.7. The Labute approximate surface area is 567 Å². The van der Waals surface area contributed by atoms with E-state index >= 15 is 0 Å². The van der Waals surface area contributed by atoms with E-state index in [0.717, 1.165) is 91.1 Å². The summed E-state index contributed by atoms with van der Waals surface area (Å²) >= 11 is 0. The zero-order chi connectivity index (χ0) is 68.4. The lowest BCUT2D eigenvalue weighted by Crippen LogP contribution is -2.36. The summed E-state index contributed by atoms with van der Waals surface area (Å²) in [6.45, 7) is 10.3. The van der Waals surface area contributed by atoms with E-state index in [-0.39, 0.29) is 79.0 Å². The number of carbonyl (C=O) groups is 7. The number of methoxy groups -OCH3 is 3. The van der Waals surface area contributed by atoms with Crippen LogP contribution in [0.1, 0.15) is 163 Å². The smallest absolute Gasteiger partial charge is 0.320 e. The molecule has 6 aromatic rings. The summed E-state index contributed by atoms with van der Waals surface area (Å²) in [5, 5.41) is 3.34. The van der Waals surface area contributed by atoms with Crippen molar-refractivity contribution in [1.29, 1.82) is 0 Å². The molecular weight excluding hydrogens is 1230 g/mol. The van der Waals surface area contributed by atoms with Crippen LogP contribution in [0.25, 0.3) is 12.2 Å². The van der Waals surface area contributed by atoms with Crippen molar-refractivity contribution in [3.05, 3.63) is 165 Å². The topological polar surface area (TPSA) is 256 Å². The molecule has 23 nitrogen and oxygen atoms in total. The molecule has 0 aromatic carbocycles. The lowest BCUT2D eigenvalue weighted by atomic mass is 9.95. The summed E-state index contributed by atoms with van der Waals surface area (Å²) < 4.78 is 15.4. The highest BCUT2D eigenvalue weighted by atomic mass is 16.5. The molecule has 3 fully saturated rings. The van der Waals surface area contributed by atoms with Gasteiger partial charge in [0.1, 0.15) is 28.9 Å². The van der Waals surface area contributed by atoms with E-state index in [4.69, 9.17) is 19.2 Å². The monoisotopic (exact) mass is 1320 g/mol. The van der Waals surface area contributed by atoms with Crippen molar-refractivity contribution in [3.8, 4) is 17.6 Å². The molecule has 6 amide bonds. The lowest BCUT2D eigenvalue weighted by Gasteiger charge is -2.27. The van der Waals surface area contributed by atoms with Gasteiger partial charge in [-0.15, -0.1) is 0 Å². The molecule has 510 valence electrons. The molecule has 12 rings (SSSR count). The second kappa shape index (κ2) is 33.6. The minimum atomic E-state index is -0.392. The molecule has 0 unspecified atom stereocenters. The van der Waals surface area contributed by atoms with Crippen LogP contribution >= 0.6 is 0 Å². The standard InChI is InChI=1S/C25H30N4O4.C25H30N4O3.C24H29N5O3/c1-17(30)15-22(19-8-10-24(33-2)26-16-19)29-14-13-28(25(29)32)12-11-23(31)21-9-7-18-5-3-4-6-20(18)27-21;1-18(30)16-23(20-10-12-24(32-2)26-17-20)29-15-14-28(25(29)31)13-5-7-21-11-9-19-6-3-4-8-22(19)27-21;1-17(30)15-21(19-8-10-22(32-2)26-16-19)29-14-13-28(24(29)31)12-4-6-20-9-7-18-5-3-11-25-23(18)27-20/h7-10,16,22H,3-6,11-15H2,1-2H3;5,7,9-12,17,23H,3-4,6,8,13-16H2,1-2H3;4,6-10,16,21H,3,5,11-15H2,1-2H3,(H,25,27)/b;7-5+;6-4-/t22-;23-;21-/m000/s1. The number of Topliss-reactive ketones (excluding diaryl/α,β-unsaturated/α-hetero) is 4. The number of anilines is 1. The molecule has 3 atom stereocenters. The number of aromatic nitrogens is 6. The highest BCUT2D eigenvalue weighted by Gasteiger charge is 2.38. The Bertz CT molecular complexity index is 3660. The van der Waals surface area contributed by atoms with Gasteiger partial charge in [0.15, 0.2) is 5.78 Å². The quantitative estimate of drug-likeness (QED) is 0.0523. The minimum absolute atomic E-state index is 0.00395. The number of hydrogen-bond acceptors (Lipinski definition) is 17. The Morgan fingerprint density at radius 2 is 0.887 bits per heavy atom. The van der Waals surface area contributed by atoms with Gasteiger partial charge in [-0.3, -0.25) is 24.2 Å². The second-order valence-corrected chi connectivity index (χ2v) is 25.3. The van der Waals surface area contributed by atoms with Crippen LogP contribution in [0.5, 0.6) is 17.6 Å². The highest BCUT2D eigenvalue weighted by molar-refractivity contribution is 5.95. The van der Waals surface area contributed by atoms with Crippen LogP contribution in [0.3, 0.4) is 0 Å². The molecule has 0 saturated carbocycles. The maximum atomic E-state index is 13.1. The van der Waals surface area contributed by atoms with Gasteiger partial charge >= 0.3 is 18.1 Å². The number of urea groups is 3. The number of rotatable bonds is 25. The summed E-state index contributed by atoms with van der Waals surface area (Å²) in [4.78, 5) is 125. The van der Waals surface area contributed by atoms with Gasteiger partial charge in [0.2, 0.25) is 17.6 Å². The highest BCUT2D eigenvalue weighted by Crippen LogP contribution is 2.33. The van der Waals surface area contributed by atoms with E-state index in [0.29, 0.717) is 82.2 Å². The van der Waals surface area contributed by atoms with Crippen LogP contribution in [-0.2, 0) is 46.5 Å². The fraction of sp³-hybridized carbons (Fsp3) is 0.446. The van der Waals surface area contributed by atoms with E-state index in [9.17, 15) is 33.6 Å². The molecule has 6 aliphatic rings. The van der Waals surface area contributed by atoms with E-state index in [2.05, 4.69) is 48.4 Å². The number of hydrogen-bond donors (Lipinski definition) is 1. The number of ketones is 4. The SMILES string of the molecule is COc1ccc([C@H](CC(C)=O)N2CCN(C/C=C/c3ccc4c(n3)CCCC4)C2=O)cn1.COc1ccc([C@H](CC(C)=O)N2CCN(C/C=C\c3ccc4c(n3)NCCC4)C2=O)cn1.COc1ccc([C@H](CC(C)=O)N2CCN(CCC(=O)c3ccc4c(n3)CCCC4)C2=O)cn1. The van der Waals surface area contributed by atoms with E-state index in [1.807, 2.05) is 60.7 Å². The Hall–Kier alpha value is -9.93. The number of aryl methyl sites for hydroxylation is 5. The average Bonchev–Trinajstić information content (AvgIpc) is 1.76. The summed E-state index contributed by atoms with van der Waals surface area (Å²) in [6.07, 6.45) is 24.9. The number of nitrogens with zero attached hydrogens (tertiary/aromatic N) is 12. The first kappa shape index (κ1) is 69.9. The van der Waals surface area contributed by atoms with Gasteiger partial charge in [0.05, 0.1) is 50.8 Å². The van der Waals surface area contributed by atoms with Crippen LogP contribution < -0.4 is 19.5 Å². The Morgan fingerprint density at radius 3 is 1.34 bits per heavy atom. The van der Waals surface area contributed by atoms with Crippen LogP contribution in [0, 0.1) is 0 Å². The number of ether oxygens (including phenoxy) is 3. The maximum absolute atomic E-state index is 13.1. The number of nitrogens with one attached hydrogen (secondary N) is 1. The van der Waals surface area contributed by atoms with Crippen molar-refractivity contribution in [3.63, 3.8) is 0 Å². The summed E-state index contributed by atoms with van der Waals surface area (Å²) in [5.74, 6) is 2.46. The number of fused-ring (bicyclic) bond motifs is 3. The molecular formula is C74H89N13O10. The van der Waals surface area contributed by atoms with Crippen molar-refractivity contribution < 1.29 is 47.8 Å². The van der Waals surface area contributed by atoms with Crippen molar-refractivity contribution in [2.45, 2.75) is 129 Å². The van der Waals surface area contributed by atoms with Gasteiger partial charge in [-0.1, -0.05) is 48.6 Å². The van der Waals surface area contributed by atoms with Crippen LogP contribution in [-0.4, -0.2) is 187 Å². The van der Waals surface area contributed by atoms with Gasteiger partial charge < -0.3 is 48.9 Å². The van der Waals surface area contributed by atoms with Gasteiger partial charge in [0.25, 0.3) is 0 Å². The minimum Gasteiger partial charge on any atom is -0.481 e. The number of amides is 6. The first-order chi connectivity index (χ1) is 47.0. The average molecular weight is 1320 g/mol. The van der Waals surface area contributed by atoms with Crippen molar-refractivity contribution >= 4 is 59.2 Å². The molecule has 3 saturated heterocycles. The molecule has 6 aromatic heterocycles. The Balaban J connectivity index is 0.000000158. The largest absolute Gasteiger partial charge is 0.481 e. The third-order valence-electron chi connectivity index (χ3n) is 18.4. The third kappa shape index (κ3) is 18.4. The number of pyridine rings is 6. The molecule has 23 heteroatoms. The Morgan fingerprint density at radius 1 is 0.474 bits per heavy atom. The summed E-state index contributed by atoms with van der Waals surface area (Å²) in [7, 11) is 4.66. The van der Waals surface area contributed by atoms with E-state index < -0.39 is 6.04 Å². The Kier molecular flexibility index (Phi) is 24.2. The molecule has 10 heterocycles. The predicted octanol–water partition coefficient (Wildman–Crippen LogP) is 10.5. The van der Waals surface area contributed by atoms with Crippen LogP contribution in [0.4, 0.5) is 20.2 Å². The predicted molar refractivity (Wildman–Crippen MR) is 367 cm³/mol. The fourth-order valence-corrected chi connectivity index (χ4v) is 13.2. The van der Waals surface area contributed by atoms with Crippen molar-refractivity contribution in [2.75, 3.05) is 92.1 Å². The first-order valence-electron chi connectivity index (χ1n) is 33.8. The molecule has 0 radical (unpaired) electrons. The van der Waals surface area contributed by atoms with E-state index in [1.165, 1.54) is 55.7 Å². The van der Waals surface area contributed by atoms with Gasteiger partial charge in [-0.2, -0.15) is 0 Å². The van der Waals surface area contributed by atoms with Crippen LogP contribution in [0.2, 0.25) is 0 Å². The zero-order valence-electron chi connectivity index (χ0n) is 56.6. The molecule has 0 spiro atoms. The fourth-order valence-electron chi connectivity index (χ4n) is 13.2. The van der Waals surface area contributed by atoms with Crippen molar-refractivity contribution in [1.82, 2.24) is 59.3 Å².